The standard InChI is InChI=1S/C10H21N3/c1-5-10(4,12-13-11)8-6-7-9(2)3/h9H,5-8H2,1-4H3. The van der Waals surface area contributed by atoms with Crippen molar-refractivity contribution in [3.8, 4) is 0 Å². The lowest BCUT2D eigenvalue weighted by Gasteiger charge is -2.21. The summed E-state index contributed by atoms with van der Waals surface area (Å²) < 4.78 is 0. The molecule has 0 aromatic carbocycles. The van der Waals surface area contributed by atoms with Gasteiger partial charge in [0.15, 0.2) is 0 Å². The highest BCUT2D eigenvalue weighted by Crippen LogP contribution is 2.23. The Hall–Kier alpha value is -0.690. The lowest BCUT2D eigenvalue weighted by Crippen LogP contribution is -2.19. The van der Waals surface area contributed by atoms with Crippen LogP contribution in [0.5, 0.6) is 0 Å². The zero-order valence-corrected chi connectivity index (χ0v) is 9.25. The van der Waals surface area contributed by atoms with Crippen LogP contribution >= 0.6 is 0 Å². The van der Waals surface area contributed by atoms with E-state index in [4.69, 9.17) is 5.53 Å². The van der Waals surface area contributed by atoms with E-state index in [0.29, 0.717) is 0 Å². The molecule has 0 heterocycles. The molecule has 3 nitrogen and oxygen atoms in total. The van der Waals surface area contributed by atoms with E-state index in [9.17, 15) is 0 Å². The Kier molecular flexibility index (Phi) is 5.56. The van der Waals surface area contributed by atoms with Crippen LogP contribution < -0.4 is 0 Å². The minimum Gasteiger partial charge on any atom is -0.0876 e. The maximum Gasteiger partial charge on any atom is 0.0457 e. The summed E-state index contributed by atoms with van der Waals surface area (Å²) in [5.74, 6) is 0.743. The molecule has 0 bridgehead atoms. The summed E-state index contributed by atoms with van der Waals surface area (Å²) in [6, 6.07) is 0. The largest absolute Gasteiger partial charge is 0.0876 e. The van der Waals surface area contributed by atoms with Crippen molar-refractivity contribution in [3.63, 3.8) is 0 Å². The molecule has 13 heavy (non-hydrogen) atoms. The summed E-state index contributed by atoms with van der Waals surface area (Å²) in [7, 11) is 0. The van der Waals surface area contributed by atoms with Crippen molar-refractivity contribution in [2.24, 2.45) is 11.0 Å². The van der Waals surface area contributed by atoms with Crippen molar-refractivity contribution in [1.82, 2.24) is 0 Å². The molecule has 0 radical (unpaired) electrons. The van der Waals surface area contributed by atoms with E-state index in [0.717, 1.165) is 25.2 Å². The van der Waals surface area contributed by atoms with Crippen LogP contribution in [0, 0.1) is 5.92 Å². The van der Waals surface area contributed by atoms with Crippen molar-refractivity contribution < 1.29 is 0 Å². The van der Waals surface area contributed by atoms with E-state index in [1.54, 1.807) is 0 Å². The first-order valence-electron chi connectivity index (χ1n) is 5.10. The van der Waals surface area contributed by atoms with Gasteiger partial charge in [-0.3, -0.25) is 0 Å². The molecule has 3 heteroatoms. The number of azide groups is 1. The highest BCUT2D eigenvalue weighted by molar-refractivity contribution is 4.81. The third-order valence-electron chi connectivity index (χ3n) is 2.54. The second-order valence-corrected chi connectivity index (χ2v) is 4.33. The summed E-state index contributed by atoms with van der Waals surface area (Å²) in [5, 5.41) is 3.85. The number of hydrogen-bond acceptors (Lipinski definition) is 1. The van der Waals surface area contributed by atoms with Gasteiger partial charge in [0.25, 0.3) is 0 Å². The average molecular weight is 183 g/mol. The van der Waals surface area contributed by atoms with Gasteiger partial charge in [-0.15, -0.1) is 0 Å². The molecule has 0 saturated carbocycles. The van der Waals surface area contributed by atoms with Gasteiger partial charge in [-0.2, -0.15) is 0 Å². The van der Waals surface area contributed by atoms with E-state index in [1.807, 2.05) is 6.92 Å². The van der Waals surface area contributed by atoms with E-state index in [-0.39, 0.29) is 5.54 Å². The molecule has 0 aliphatic heterocycles. The van der Waals surface area contributed by atoms with Crippen LogP contribution in [0.4, 0.5) is 0 Å². The molecular weight excluding hydrogens is 162 g/mol. The van der Waals surface area contributed by atoms with E-state index in [1.165, 1.54) is 6.42 Å². The van der Waals surface area contributed by atoms with Crippen LogP contribution in [-0.4, -0.2) is 5.54 Å². The second-order valence-electron chi connectivity index (χ2n) is 4.33. The Morgan fingerprint density at radius 3 is 2.46 bits per heavy atom. The summed E-state index contributed by atoms with van der Waals surface area (Å²) in [6.45, 7) is 8.55. The Bertz CT molecular complexity index is 183. The average Bonchev–Trinajstić information content (AvgIpc) is 2.04. The highest BCUT2D eigenvalue weighted by atomic mass is 15.2. The summed E-state index contributed by atoms with van der Waals surface area (Å²) in [6.07, 6.45) is 4.30. The lowest BCUT2D eigenvalue weighted by molar-refractivity contribution is 0.382. The van der Waals surface area contributed by atoms with Crippen molar-refractivity contribution in [2.75, 3.05) is 0 Å². The zero-order chi connectivity index (χ0) is 10.3. The Morgan fingerprint density at radius 1 is 1.46 bits per heavy atom. The highest BCUT2D eigenvalue weighted by Gasteiger charge is 2.19. The minimum atomic E-state index is -0.163. The maximum absolute atomic E-state index is 8.40. The van der Waals surface area contributed by atoms with Gasteiger partial charge in [-0.1, -0.05) is 45.7 Å². The zero-order valence-electron chi connectivity index (χ0n) is 9.25. The molecule has 0 spiro atoms. The van der Waals surface area contributed by atoms with Crippen molar-refractivity contribution in [2.45, 2.75) is 58.9 Å². The Labute approximate surface area is 81.2 Å². The monoisotopic (exact) mass is 183 g/mol. The molecule has 0 aliphatic carbocycles. The Morgan fingerprint density at radius 2 is 2.08 bits per heavy atom. The van der Waals surface area contributed by atoms with Gasteiger partial charge in [-0.25, -0.2) is 0 Å². The number of nitrogens with zero attached hydrogens (tertiary/aromatic N) is 3. The summed E-state index contributed by atoms with van der Waals surface area (Å²) >= 11 is 0. The van der Waals surface area contributed by atoms with Crippen LogP contribution in [0.25, 0.3) is 10.4 Å². The Balaban J connectivity index is 3.90. The van der Waals surface area contributed by atoms with Crippen LogP contribution in [0.15, 0.2) is 5.11 Å². The van der Waals surface area contributed by atoms with E-state index >= 15 is 0 Å². The van der Waals surface area contributed by atoms with Gasteiger partial charge in [0, 0.05) is 10.5 Å². The third-order valence-corrected chi connectivity index (χ3v) is 2.54. The first kappa shape index (κ1) is 12.3. The summed E-state index contributed by atoms with van der Waals surface area (Å²) in [5.41, 5.74) is 8.24. The third kappa shape index (κ3) is 5.53. The SMILES string of the molecule is CCC(C)(CCCC(C)C)N=[N+]=[N-]. The smallest absolute Gasteiger partial charge is 0.0457 e. The first-order chi connectivity index (χ1) is 6.04. The summed E-state index contributed by atoms with van der Waals surface area (Å²) in [4.78, 5) is 2.90. The first-order valence-corrected chi connectivity index (χ1v) is 5.10. The van der Waals surface area contributed by atoms with Crippen molar-refractivity contribution in [3.05, 3.63) is 10.4 Å². The molecule has 0 aromatic rings. The molecular formula is C10H21N3. The molecule has 0 aliphatic rings. The van der Waals surface area contributed by atoms with Gasteiger partial charge in [0.1, 0.15) is 0 Å². The molecule has 0 rings (SSSR count). The van der Waals surface area contributed by atoms with Crippen molar-refractivity contribution in [1.29, 1.82) is 0 Å². The molecule has 0 fully saturated rings. The fourth-order valence-corrected chi connectivity index (χ4v) is 1.30. The van der Waals surface area contributed by atoms with Gasteiger partial charge >= 0.3 is 0 Å². The molecule has 1 atom stereocenters. The van der Waals surface area contributed by atoms with E-state index in [2.05, 4.69) is 30.8 Å². The van der Waals surface area contributed by atoms with Gasteiger partial charge in [-0.05, 0) is 24.3 Å². The van der Waals surface area contributed by atoms with Crippen molar-refractivity contribution >= 4 is 0 Å². The quantitative estimate of drug-likeness (QED) is 0.335. The van der Waals surface area contributed by atoms with Crippen LogP contribution in [0.3, 0.4) is 0 Å². The van der Waals surface area contributed by atoms with Crippen LogP contribution in [0.1, 0.15) is 53.4 Å². The predicted octanol–water partition coefficient (Wildman–Crippen LogP) is 4.29. The van der Waals surface area contributed by atoms with E-state index < -0.39 is 0 Å². The molecule has 0 saturated heterocycles. The molecule has 0 amide bonds. The molecule has 0 aromatic heterocycles. The van der Waals surface area contributed by atoms with Gasteiger partial charge in [0.2, 0.25) is 0 Å². The molecule has 1 unspecified atom stereocenters. The fourth-order valence-electron chi connectivity index (χ4n) is 1.30. The molecule has 0 N–H and O–H groups in total. The maximum atomic E-state index is 8.40. The molecule has 76 valence electrons. The normalized spacial score (nSPS) is 15.2. The lowest BCUT2D eigenvalue weighted by atomic mass is 9.91. The van der Waals surface area contributed by atoms with Gasteiger partial charge < -0.3 is 0 Å². The number of rotatable bonds is 6. The van der Waals surface area contributed by atoms with Crippen LogP contribution in [0.2, 0.25) is 0 Å². The van der Waals surface area contributed by atoms with Gasteiger partial charge in [0.05, 0.1) is 0 Å². The topological polar surface area (TPSA) is 48.8 Å². The predicted molar refractivity (Wildman–Crippen MR) is 56.5 cm³/mol. The second kappa shape index (κ2) is 5.87. The number of hydrogen-bond donors (Lipinski definition) is 0. The fraction of sp³-hybridized carbons (Fsp3) is 1.00. The minimum absolute atomic E-state index is 0.163. The van der Waals surface area contributed by atoms with Crippen LogP contribution in [-0.2, 0) is 0 Å².